The third-order valence-electron chi connectivity index (χ3n) is 3.92. The van der Waals surface area contributed by atoms with E-state index in [0.29, 0.717) is 24.8 Å². The van der Waals surface area contributed by atoms with Gasteiger partial charge in [0.2, 0.25) is 5.91 Å². The zero-order valence-electron chi connectivity index (χ0n) is 16.4. The van der Waals surface area contributed by atoms with Crippen LogP contribution in [-0.4, -0.2) is 44.0 Å². The third-order valence-corrected chi connectivity index (χ3v) is 5.66. The number of nitrogens with one attached hydrogen (secondary N) is 2. The molecule has 3 rings (SSSR count). The van der Waals surface area contributed by atoms with Gasteiger partial charge in [0.05, 0.1) is 24.5 Å². The molecule has 7 nitrogen and oxygen atoms in total. The molecule has 0 saturated heterocycles. The summed E-state index contributed by atoms with van der Waals surface area (Å²) in [6.45, 7) is 8.29. The van der Waals surface area contributed by atoms with E-state index in [2.05, 4.69) is 41.5 Å². The fourth-order valence-corrected chi connectivity index (χ4v) is 4.08. The van der Waals surface area contributed by atoms with Crippen LogP contribution in [0.25, 0.3) is 11.0 Å². The number of nitrogens with zero attached hydrogens (tertiary/aromatic N) is 4. The SMILES string of the molecule is CCCNc1nc(SC(C)C)nc2c1cnn2CCNC(=O)Cc1cccs1. The molecule has 1 amide bonds. The molecule has 3 aromatic heterocycles. The molecule has 0 aromatic carbocycles. The van der Waals surface area contributed by atoms with Gasteiger partial charge in [0.15, 0.2) is 10.8 Å². The summed E-state index contributed by atoms with van der Waals surface area (Å²) in [4.78, 5) is 22.5. The number of amides is 1. The number of aromatic nitrogens is 4. The van der Waals surface area contributed by atoms with Crippen molar-refractivity contribution in [1.29, 1.82) is 0 Å². The number of anilines is 1. The molecular formula is C19H26N6OS2. The Labute approximate surface area is 173 Å². The largest absolute Gasteiger partial charge is 0.369 e. The highest BCUT2D eigenvalue weighted by molar-refractivity contribution is 7.99. The summed E-state index contributed by atoms with van der Waals surface area (Å²) in [6, 6.07) is 3.93. The molecular weight excluding hydrogens is 392 g/mol. The second-order valence-electron chi connectivity index (χ2n) is 6.66. The van der Waals surface area contributed by atoms with Gasteiger partial charge >= 0.3 is 0 Å². The number of carbonyl (C=O) groups excluding carboxylic acids is 1. The summed E-state index contributed by atoms with van der Waals surface area (Å²) in [5.74, 6) is 0.845. The zero-order valence-corrected chi connectivity index (χ0v) is 18.1. The van der Waals surface area contributed by atoms with Crippen LogP contribution >= 0.6 is 23.1 Å². The van der Waals surface area contributed by atoms with E-state index in [9.17, 15) is 4.79 Å². The van der Waals surface area contributed by atoms with Gasteiger partial charge in [-0.3, -0.25) is 4.79 Å². The van der Waals surface area contributed by atoms with Crippen molar-refractivity contribution in [3.05, 3.63) is 28.6 Å². The van der Waals surface area contributed by atoms with Crippen LogP contribution in [0.3, 0.4) is 0 Å². The topological polar surface area (TPSA) is 84.7 Å². The van der Waals surface area contributed by atoms with E-state index in [-0.39, 0.29) is 5.91 Å². The van der Waals surface area contributed by atoms with Gasteiger partial charge in [0.25, 0.3) is 0 Å². The van der Waals surface area contributed by atoms with E-state index in [1.165, 1.54) is 0 Å². The molecule has 0 radical (unpaired) electrons. The van der Waals surface area contributed by atoms with Crippen molar-refractivity contribution in [2.75, 3.05) is 18.4 Å². The van der Waals surface area contributed by atoms with Crippen molar-refractivity contribution in [1.82, 2.24) is 25.1 Å². The summed E-state index contributed by atoms with van der Waals surface area (Å²) < 4.78 is 1.84. The number of hydrogen-bond donors (Lipinski definition) is 2. The minimum absolute atomic E-state index is 0.0230. The van der Waals surface area contributed by atoms with Crippen LogP contribution in [0.5, 0.6) is 0 Å². The van der Waals surface area contributed by atoms with Crippen LogP contribution in [0, 0.1) is 0 Å². The first-order valence-corrected chi connectivity index (χ1v) is 11.3. The molecule has 9 heteroatoms. The van der Waals surface area contributed by atoms with Crippen LogP contribution in [0.15, 0.2) is 28.9 Å². The third kappa shape index (κ3) is 5.45. The molecule has 150 valence electrons. The molecule has 0 fully saturated rings. The Morgan fingerprint density at radius 2 is 2.18 bits per heavy atom. The molecule has 28 heavy (non-hydrogen) atoms. The number of rotatable bonds is 10. The molecule has 2 N–H and O–H groups in total. The molecule has 3 aromatic rings. The van der Waals surface area contributed by atoms with Crippen LogP contribution in [0.2, 0.25) is 0 Å². The Bertz CT molecular complexity index is 907. The van der Waals surface area contributed by atoms with Crippen LogP contribution in [0.1, 0.15) is 32.1 Å². The average molecular weight is 419 g/mol. The van der Waals surface area contributed by atoms with Crippen molar-refractivity contribution in [3.63, 3.8) is 0 Å². The second-order valence-corrected chi connectivity index (χ2v) is 9.24. The van der Waals surface area contributed by atoms with Crippen molar-refractivity contribution in [2.24, 2.45) is 0 Å². The summed E-state index contributed by atoms with van der Waals surface area (Å²) in [6.07, 6.45) is 3.23. The molecule has 0 spiro atoms. The van der Waals surface area contributed by atoms with Crippen LogP contribution < -0.4 is 10.6 Å². The van der Waals surface area contributed by atoms with E-state index in [1.54, 1.807) is 29.3 Å². The monoisotopic (exact) mass is 418 g/mol. The lowest BCUT2D eigenvalue weighted by atomic mass is 10.3. The maximum absolute atomic E-state index is 12.1. The summed E-state index contributed by atoms with van der Waals surface area (Å²) in [7, 11) is 0. The second kappa shape index (κ2) is 9.88. The smallest absolute Gasteiger partial charge is 0.225 e. The van der Waals surface area contributed by atoms with Gasteiger partial charge in [-0.25, -0.2) is 14.6 Å². The highest BCUT2D eigenvalue weighted by Crippen LogP contribution is 2.26. The normalized spacial score (nSPS) is 11.3. The Hall–Kier alpha value is -2.13. The molecule has 0 bridgehead atoms. The van der Waals surface area contributed by atoms with Crippen molar-refractivity contribution >= 4 is 45.9 Å². The number of carbonyl (C=O) groups is 1. The van der Waals surface area contributed by atoms with Crippen molar-refractivity contribution < 1.29 is 4.79 Å². The highest BCUT2D eigenvalue weighted by atomic mass is 32.2. The maximum atomic E-state index is 12.1. The van der Waals surface area contributed by atoms with E-state index in [0.717, 1.165) is 39.9 Å². The van der Waals surface area contributed by atoms with E-state index in [1.807, 2.05) is 22.2 Å². The van der Waals surface area contributed by atoms with Crippen LogP contribution in [0.4, 0.5) is 5.82 Å². The van der Waals surface area contributed by atoms with E-state index >= 15 is 0 Å². The molecule has 0 atom stereocenters. The molecule has 0 saturated carbocycles. The van der Waals surface area contributed by atoms with Gasteiger partial charge in [-0.05, 0) is 17.9 Å². The van der Waals surface area contributed by atoms with Crippen molar-refractivity contribution in [3.8, 4) is 0 Å². The summed E-state index contributed by atoms with van der Waals surface area (Å²) in [5, 5.41) is 14.8. The molecule has 0 aliphatic carbocycles. The molecule has 0 aliphatic heterocycles. The van der Waals surface area contributed by atoms with Gasteiger partial charge in [-0.2, -0.15) is 5.10 Å². The van der Waals surface area contributed by atoms with E-state index in [4.69, 9.17) is 4.98 Å². The number of thioether (sulfide) groups is 1. The highest BCUT2D eigenvalue weighted by Gasteiger charge is 2.14. The first kappa shape index (κ1) is 20.6. The Morgan fingerprint density at radius 1 is 1.32 bits per heavy atom. The predicted molar refractivity (Wildman–Crippen MR) is 116 cm³/mol. The first-order chi connectivity index (χ1) is 13.6. The Kier molecular flexibility index (Phi) is 7.27. The fraction of sp³-hybridized carbons (Fsp3) is 0.474. The molecule has 0 aliphatic rings. The minimum atomic E-state index is 0.0230. The first-order valence-electron chi connectivity index (χ1n) is 9.50. The lowest BCUT2D eigenvalue weighted by molar-refractivity contribution is -0.120. The van der Waals surface area contributed by atoms with Crippen molar-refractivity contribution in [2.45, 2.75) is 50.6 Å². The van der Waals surface area contributed by atoms with Crippen LogP contribution in [-0.2, 0) is 17.8 Å². The lowest BCUT2D eigenvalue weighted by Crippen LogP contribution is -2.28. The number of fused-ring (bicyclic) bond motifs is 1. The quantitative estimate of drug-likeness (QED) is 0.387. The maximum Gasteiger partial charge on any atom is 0.225 e. The molecule has 3 heterocycles. The summed E-state index contributed by atoms with van der Waals surface area (Å²) >= 11 is 3.23. The lowest BCUT2D eigenvalue weighted by Gasteiger charge is -2.10. The fourth-order valence-electron chi connectivity index (χ4n) is 2.68. The van der Waals surface area contributed by atoms with Gasteiger partial charge < -0.3 is 10.6 Å². The molecule has 0 unspecified atom stereocenters. The number of thiophene rings is 1. The average Bonchev–Trinajstić information content (AvgIpc) is 3.29. The van der Waals surface area contributed by atoms with Gasteiger partial charge in [-0.15, -0.1) is 11.3 Å². The van der Waals surface area contributed by atoms with Gasteiger partial charge in [0, 0.05) is 23.2 Å². The van der Waals surface area contributed by atoms with Gasteiger partial charge in [-0.1, -0.05) is 38.6 Å². The Balaban J connectivity index is 1.70. The zero-order chi connectivity index (χ0) is 19.9. The predicted octanol–water partition coefficient (Wildman–Crippen LogP) is 3.57. The minimum Gasteiger partial charge on any atom is -0.369 e. The van der Waals surface area contributed by atoms with Gasteiger partial charge in [0.1, 0.15) is 5.82 Å². The van der Waals surface area contributed by atoms with E-state index < -0.39 is 0 Å². The Morgan fingerprint density at radius 3 is 2.89 bits per heavy atom. The number of hydrogen-bond acceptors (Lipinski definition) is 7. The standard InChI is InChI=1S/C19H26N6OS2/c1-4-7-21-17-15-12-22-25(18(15)24-19(23-17)28-13(2)3)9-8-20-16(26)11-14-6-5-10-27-14/h5-6,10,12-13H,4,7-9,11H2,1-3H3,(H,20,26)(H,21,23,24). The summed E-state index contributed by atoms with van der Waals surface area (Å²) in [5.41, 5.74) is 0.796.